The number of nitro groups is 2. The second kappa shape index (κ2) is 7.40. The van der Waals surface area contributed by atoms with Crippen molar-refractivity contribution < 1.29 is 23.0 Å². The topological polar surface area (TPSA) is 120 Å². The van der Waals surface area contributed by atoms with Crippen LogP contribution >= 0.6 is 0 Å². The fourth-order valence-corrected chi connectivity index (χ4v) is 3.30. The van der Waals surface area contributed by atoms with Gasteiger partial charge in [0.25, 0.3) is 11.4 Å². The van der Waals surface area contributed by atoms with Gasteiger partial charge in [0.15, 0.2) is 5.69 Å². The Bertz CT molecular complexity index is 843. The molecule has 0 aliphatic carbocycles. The van der Waals surface area contributed by atoms with Crippen molar-refractivity contribution in [1.82, 2.24) is 15.0 Å². The minimum Gasteiger partial charge on any atom is -0.360 e. The van der Waals surface area contributed by atoms with Gasteiger partial charge in [-0.2, -0.15) is 13.2 Å². The Morgan fingerprint density at radius 1 is 1.11 bits per heavy atom. The number of aromatic nitrogens is 3. The minimum absolute atomic E-state index is 0.172. The first-order valence-electron chi connectivity index (χ1n) is 8.30. The molecule has 0 saturated carbocycles. The van der Waals surface area contributed by atoms with E-state index in [9.17, 15) is 33.4 Å². The van der Waals surface area contributed by atoms with Crippen molar-refractivity contribution in [3.63, 3.8) is 0 Å². The van der Waals surface area contributed by atoms with Crippen molar-refractivity contribution in [3.05, 3.63) is 50.3 Å². The van der Waals surface area contributed by atoms with Crippen LogP contribution in [0.2, 0.25) is 0 Å². The third-order valence-corrected chi connectivity index (χ3v) is 4.64. The number of hydrogen-bond acceptors (Lipinski definition) is 7. The third-order valence-electron chi connectivity index (χ3n) is 4.64. The molecule has 1 aromatic heterocycles. The lowest BCUT2D eigenvalue weighted by Gasteiger charge is -2.32. The number of nitro benzene ring substituents is 2. The normalized spacial score (nSPS) is 15.6. The van der Waals surface area contributed by atoms with E-state index in [4.69, 9.17) is 0 Å². The third kappa shape index (κ3) is 4.02. The Kier molecular flexibility index (Phi) is 5.16. The maximum atomic E-state index is 13.0. The Morgan fingerprint density at radius 2 is 1.68 bits per heavy atom. The molecule has 1 aromatic carbocycles. The standard InChI is InChI=1S/C15H15F3N6O4/c16-15(17,18)11-7-12(23(25)26)14(13(8-11)24(27)28)21-4-1-10(2-5-21)9-22-6-3-19-20-22/h3,6-8,10H,1-2,4-5,9H2. The molecule has 0 atom stereocenters. The highest BCUT2D eigenvalue weighted by atomic mass is 19.4. The summed E-state index contributed by atoms with van der Waals surface area (Å²) in [6.07, 6.45) is -0.606. The van der Waals surface area contributed by atoms with E-state index in [-0.39, 0.29) is 24.7 Å². The van der Waals surface area contributed by atoms with Crippen molar-refractivity contribution in [2.45, 2.75) is 25.6 Å². The van der Waals surface area contributed by atoms with Gasteiger partial charge < -0.3 is 4.90 Å². The molecule has 1 aliphatic rings. The molecule has 0 N–H and O–H groups in total. The average Bonchev–Trinajstić information content (AvgIpc) is 3.13. The molecule has 1 aliphatic heterocycles. The monoisotopic (exact) mass is 400 g/mol. The SMILES string of the molecule is O=[N+]([O-])c1cc(C(F)(F)F)cc([N+](=O)[O-])c1N1CCC(Cn2ccnn2)CC1. The molecule has 2 heterocycles. The largest absolute Gasteiger partial charge is 0.416 e. The number of alkyl halides is 3. The molecule has 13 heteroatoms. The number of nitrogens with zero attached hydrogens (tertiary/aromatic N) is 6. The van der Waals surface area contributed by atoms with Gasteiger partial charge in [-0.15, -0.1) is 5.10 Å². The minimum atomic E-state index is -4.93. The van der Waals surface area contributed by atoms with Crippen molar-refractivity contribution in [3.8, 4) is 0 Å². The maximum absolute atomic E-state index is 13.0. The predicted octanol–water partition coefficient (Wildman–Crippen LogP) is 3.03. The summed E-state index contributed by atoms with van der Waals surface area (Å²) in [5.41, 5.74) is -3.65. The first-order valence-corrected chi connectivity index (χ1v) is 8.30. The molecule has 0 bridgehead atoms. The van der Waals surface area contributed by atoms with Crippen LogP contribution < -0.4 is 4.90 Å². The van der Waals surface area contributed by atoms with E-state index in [0.29, 0.717) is 31.5 Å². The average molecular weight is 400 g/mol. The molecule has 3 rings (SSSR count). The Balaban J connectivity index is 1.90. The summed E-state index contributed by atoms with van der Waals surface area (Å²) in [6, 6.07) is 0.702. The van der Waals surface area contributed by atoms with Gasteiger partial charge in [-0.3, -0.25) is 24.9 Å². The summed E-state index contributed by atoms with van der Waals surface area (Å²) in [4.78, 5) is 22.1. The summed E-state index contributed by atoms with van der Waals surface area (Å²) in [5, 5.41) is 30.3. The highest BCUT2D eigenvalue weighted by Gasteiger charge is 2.39. The van der Waals surface area contributed by atoms with E-state index >= 15 is 0 Å². The zero-order valence-corrected chi connectivity index (χ0v) is 14.4. The van der Waals surface area contributed by atoms with Crippen LogP contribution in [0.15, 0.2) is 24.5 Å². The van der Waals surface area contributed by atoms with E-state index in [1.807, 2.05) is 0 Å². The van der Waals surface area contributed by atoms with E-state index < -0.39 is 33.0 Å². The van der Waals surface area contributed by atoms with Crippen molar-refractivity contribution in [1.29, 1.82) is 0 Å². The van der Waals surface area contributed by atoms with Crippen LogP contribution in [0.4, 0.5) is 30.2 Å². The van der Waals surface area contributed by atoms with Gasteiger partial charge in [0, 0.05) is 38.0 Å². The van der Waals surface area contributed by atoms with Crippen LogP contribution in [0.25, 0.3) is 0 Å². The molecule has 0 spiro atoms. The number of benzene rings is 1. The van der Waals surface area contributed by atoms with Gasteiger partial charge in [0.2, 0.25) is 0 Å². The van der Waals surface area contributed by atoms with Crippen LogP contribution in [0.5, 0.6) is 0 Å². The van der Waals surface area contributed by atoms with E-state index in [0.717, 1.165) is 0 Å². The van der Waals surface area contributed by atoms with E-state index in [1.165, 1.54) is 11.1 Å². The first-order chi connectivity index (χ1) is 13.2. The zero-order chi connectivity index (χ0) is 20.5. The van der Waals surface area contributed by atoms with Gasteiger partial charge in [-0.05, 0) is 18.8 Å². The molecule has 1 fully saturated rings. The second-order valence-corrected chi connectivity index (χ2v) is 6.43. The summed E-state index contributed by atoms with van der Waals surface area (Å²) in [5.74, 6) is 0.172. The van der Waals surface area contributed by atoms with Crippen LogP contribution in [-0.4, -0.2) is 37.9 Å². The molecule has 0 unspecified atom stereocenters. The van der Waals surface area contributed by atoms with Crippen LogP contribution in [0.1, 0.15) is 18.4 Å². The van der Waals surface area contributed by atoms with Crippen molar-refractivity contribution in [2.24, 2.45) is 5.92 Å². The lowest BCUT2D eigenvalue weighted by Crippen LogP contribution is -2.36. The predicted molar refractivity (Wildman–Crippen MR) is 89.7 cm³/mol. The smallest absolute Gasteiger partial charge is 0.360 e. The highest BCUT2D eigenvalue weighted by Crippen LogP contribution is 2.44. The quantitative estimate of drug-likeness (QED) is 0.559. The van der Waals surface area contributed by atoms with Crippen LogP contribution in [0.3, 0.4) is 0 Å². The van der Waals surface area contributed by atoms with Gasteiger partial charge in [0.1, 0.15) is 0 Å². The lowest BCUT2D eigenvalue weighted by molar-refractivity contribution is -0.393. The maximum Gasteiger partial charge on any atom is 0.416 e. The first kappa shape index (κ1) is 19.5. The lowest BCUT2D eigenvalue weighted by atomic mass is 9.95. The summed E-state index contributed by atoms with van der Waals surface area (Å²) in [7, 11) is 0. The molecule has 150 valence electrons. The Labute approximate surface area is 155 Å². The van der Waals surface area contributed by atoms with Gasteiger partial charge in [0.05, 0.1) is 21.6 Å². The number of rotatable bonds is 5. The van der Waals surface area contributed by atoms with Crippen molar-refractivity contribution in [2.75, 3.05) is 18.0 Å². The van der Waals surface area contributed by atoms with Gasteiger partial charge in [-0.1, -0.05) is 5.21 Å². The Morgan fingerprint density at radius 3 is 2.11 bits per heavy atom. The molecular formula is C15H15F3N6O4. The second-order valence-electron chi connectivity index (χ2n) is 6.43. The van der Waals surface area contributed by atoms with Crippen LogP contribution in [0, 0.1) is 26.1 Å². The molecule has 10 nitrogen and oxygen atoms in total. The highest BCUT2D eigenvalue weighted by molar-refractivity contribution is 5.76. The van der Waals surface area contributed by atoms with Crippen LogP contribution in [-0.2, 0) is 12.7 Å². The fraction of sp³-hybridized carbons (Fsp3) is 0.467. The number of anilines is 1. The molecule has 28 heavy (non-hydrogen) atoms. The molecule has 0 radical (unpaired) electrons. The van der Waals surface area contributed by atoms with E-state index in [2.05, 4.69) is 10.3 Å². The van der Waals surface area contributed by atoms with Crippen molar-refractivity contribution >= 4 is 17.1 Å². The molecular weight excluding hydrogens is 385 g/mol. The van der Waals surface area contributed by atoms with E-state index in [1.54, 1.807) is 10.9 Å². The molecule has 2 aromatic rings. The van der Waals surface area contributed by atoms with Gasteiger partial charge in [-0.25, -0.2) is 0 Å². The summed E-state index contributed by atoms with van der Waals surface area (Å²) in [6.45, 7) is 1.06. The summed E-state index contributed by atoms with van der Waals surface area (Å²) < 4.78 is 40.7. The zero-order valence-electron chi connectivity index (χ0n) is 14.4. The number of hydrogen-bond donors (Lipinski definition) is 0. The fourth-order valence-electron chi connectivity index (χ4n) is 3.30. The Hall–Kier alpha value is -3.25. The molecule has 0 amide bonds. The van der Waals surface area contributed by atoms with Gasteiger partial charge >= 0.3 is 6.18 Å². The number of halogens is 3. The summed E-state index contributed by atoms with van der Waals surface area (Å²) >= 11 is 0. The molecule has 1 saturated heterocycles. The number of piperidine rings is 1.